The summed E-state index contributed by atoms with van der Waals surface area (Å²) in [7, 11) is 0. The van der Waals surface area contributed by atoms with Crippen LogP contribution in [0.3, 0.4) is 0 Å². The van der Waals surface area contributed by atoms with Crippen LogP contribution in [0.25, 0.3) is 0 Å². The highest BCUT2D eigenvalue weighted by molar-refractivity contribution is 6.34. The maximum absolute atomic E-state index is 11.4. The highest BCUT2D eigenvalue weighted by Gasteiger charge is 2.24. The molecule has 6 nitrogen and oxygen atoms in total. The Bertz CT molecular complexity index is 548. The molecule has 0 fully saturated rings. The quantitative estimate of drug-likeness (QED) is 0.611. The zero-order chi connectivity index (χ0) is 16.2. The minimum absolute atomic E-state index is 0.0896. The van der Waals surface area contributed by atoms with E-state index in [4.69, 9.17) is 11.6 Å². The Morgan fingerprint density at radius 3 is 2.52 bits per heavy atom. The molecule has 0 spiro atoms. The van der Waals surface area contributed by atoms with Crippen molar-refractivity contribution in [2.45, 2.75) is 27.2 Å². The zero-order valence-corrected chi connectivity index (χ0v) is 13.1. The maximum atomic E-state index is 11.4. The van der Waals surface area contributed by atoms with Gasteiger partial charge < -0.3 is 10.0 Å². The van der Waals surface area contributed by atoms with Crippen molar-refractivity contribution in [3.8, 4) is 0 Å². The second kappa shape index (κ2) is 7.26. The molecular formula is C14H19ClN2O4. The zero-order valence-electron chi connectivity index (χ0n) is 12.3. The van der Waals surface area contributed by atoms with Gasteiger partial charge in [0.2, 0.25) is 0 Å². The van der Waals surface area contributed by atoms with Crippen molar-refractivity contribution in [3.63, 3.8) is 0 Å². The summed E-state index contributed by atoms with van der Waals surface area (Å²) in [5, 5.41) is 20.3. The smallest absolute Gasteiger partial charge is 0.338 e. The van der Waals surface area contributed by atoms with Crippen LogP contribution in [0, 0.1) is 16.0 Å². The van der Waals surface area contributed by atoms with Gasteiger partial charge in [0.1, 0.15) is 0 Å². The number of carboxylic acid groups (broad SMARTS) is 1. The molecule has 7 heteroatoms. The summed E-state index contributed by atoms with van der Waals surface area (Å²) in [6.07, 6.45) is 0.948. The molecule has 1 rings (SSSR count). The normalized spacial score (nSPS) is 12.0. The molecule has 0 bridgehead atoms. The lowest BCUT2D eigenvalue weighted by Crippen LogP contribution is -2.30. The SMILES string of the molecule is CCC(C)CN(CC)c1c(Cl)cc([N+](=O)[O-])cc1C(=O)O. The molecule has 1 N–H and O–H groups in total. The van der Waals surface area contributed by atoms with Gasteiger partial charge in [-0.05, 0) is 12.8 Å². The van der Waals surface area contributed by atoms with Crippen molar-refractivity contribution in [1.29, 1.82) is 0 Å². The van der Waals surface area contributed by atoms with Crippen LogP contribution in [0.2, 0.25) is 5.02 Å². The largest absolute Gasteiger partial charge is 0.478 e. The Morgan fingerprint density at radius 2 is 2.10 bits per heavy atom. The first-order chi connectivity index (χ1) is 9.81. The molecule has 1 unspecified atom stereocenters. The third-order valence-corrected chi connectivity index (χ3v) is 3.70. The van der Waals surface area contributed by atoms with Crippen molar-refractivity contribution in [2.75, 3.05) is 18.0 Å². The Morgan fingerprint density at radius 1 is 1.48 bits per heavy atom. The molecule has 0 aliphatic carbocycles. The summed E-state index contributed by atoms with van der Waals surface area (Å²) in [4.78, 5) is 23.5. The van der Waals surface area contributed by atoms with Crippen LogP contribution in [-0.2, 0) is 0 Å². The first-order valence-corrected chi connectivity index (χ1v) is 7.15. The Hall–Kier alpha value is -1.82. The predicted molar refractivity (Wildman–Crippen MR) is 82.4 cm³/mol. The third kappa shape index (κ3) is 4.07. The fraction of sp³-hybridized carbons (Fsp3) is 0.500. The van der Waals surface area contributed by atoms with E-state index in [9.17, 15) is 20.0 Å². The molecule has 1 aromatic rings. The van der Waals surface area contributed by atoms with E-state index in [-0.39, 0.29) is 16.3 Å². The van der Waals surface area contributed by atoms with Crippen LogP contribution < -0.4 is 4.90 Å². The van der Waals surface area contributed by atoms with Crippen molar-refractivity contribution in [2.24, 2.45) is 5.92 Å². The summed E-state index contributed by atoms with van der Waals surface area (Å²) >= 11 is 6.11. The fourth-order valence-corrected chi connectivity index (χ4v) is 2.39. The van der Waals surface area contributed by atoms with Gasteiger partial charge in [-0.3, -0.25) is 10.1 Å². The van der Waals surface area contributed by atoms with Gasteiger partial charge in [-0.25, -0.2) is 4.79 Å². The standard InChI is InChI=1S/C14H19ClN2O4/c1-4-9(3)8-16(5-2)13-11(14(18)19)6-10(17(20)21)7-12(13)15/h6-7,9H,4-5,8H2,1-3H3,(H,18,19). The Labute approximate surface area is 128 Å². The second-order valence-corrected chi connectivity index (χ2v) is 5.35. The number of nitro groups is 1. The van der Waals surface area contributed by atoms with Crippen LogP contribution in [0.15, 0.2) is 12.1 Å². The van der Waals surface area contributed by atoms with E-state index in [1.807, 2.05) is 18.7 Å². The minimum Gasteiger partial charge on any atom is -0.478 e. The minimum atomic E-state index is -1.22. The molecule has 0 aliphatic rings. The Kier molecular flexibility index (Phi) is 5.96. The molecule has 0 saturated carbocycles. The predicted octanol–water partition coefficient (Wildman–Crippen LogP) is 3.82. The molecule has 0 amide bonds. The molecule has 0 aromatic heterocycles. The average Bonchev–Trinajstić information content (AvgIpc) is 2.43. The molecule has 1 aromatic carbocycles. The molecule has 0 aliphatic heterocycles. The first-order valence-electron chi connectivity index (χ1n) is 6.77. The fourth-order valence-electron chi connectivity index (χ4n) is 2.06. The number of benzene rings is 1. The van der Waals surface area contributed by atoms with Gasteiger partial charge >= 0.3 is 5.97 Å². The molecule has 116 valence electrons. The summed E-state index contributed by atoms with van der Waals surface area (Å²) in [5.74, 6) is -0.865. The van der Waals surface area contributed by atoms with E-state index in [2.05, 4.69) is 6.92 Å². The third-order valence-electron chi connectivity index (χ3n) is 3.42. The highest BCUT2D eigenvalue weighted by Crippen LogP contribution is 2.34. The molecule has 0 heterocycles. The Balaban J connectivity index is 3.38. The van der Waals surface area contributed by atoms with Crippen LogP contribution >= 0.6 is 11.6 Å². The van der Waals surface area contributed by atoms with Gasteiger partial charge in [0.25, 0.3) is 5.69 Å². The molecule has 0 saturated heterocycles. The lowest BCUT2D eigenvalue weighted by Gasteiger charge is -2.28. The van der Waals surface area contributed by atoms with Gasteiger partial charge in [-0.15, -0.1) is 0 Å². The van der Waals surface area contributed by atoms with E-state index >= 15 is 0 Å². The van der Waals surface area contributed by atoms with Crippen LogP contribution in [0.4, 0.5) is 11.4 Å². The summed E-state index contributed by atoms with van der Waals surface area (Å²) in [6, 6.07) is 2.26. The number of carbonyl (C=O) groups is 1. The number of halogens is 1. The van der Waals surface area contributed by atoms with Gasteiger partial charge in [-0.2, -0.15) is 0 Å². The van der Waals surface area contributed by atoms with Gasteiger partial charge in [0.05, 0.1) is 21.2 Å². The number of nitrogens with zero attached hydrogens (tertiary/aromatic N) is 2. The molecular weight excluding hydrogens is 296 g/mol. The van der Waals surface area contributed by atoms with Crippen molar-refractivity contribution in [1.82, 2.24) is 0 Å². The maximum Gasteiger partial charge on any atom is 0.338 e. The van der Waals surface area contributed by atoms with Gasteiger partial charge in [0.15, 0.2) is 0 Å². The summed E-state index contributed by atoms with van der Waals surface area (Å²) in [6.45, 7) is 7.22. The van der Waals surface area contributed by atoms with Gasteiger partial charge in [-0.1, -0.05) is 31.9 Å². The lowest BCUT2D eigenvalue weighted by molar-refractivity contribution is -0.384. The molecule has 1 atom stereocenters. The van der Waals surface area contributed by atoms with Crippen LogP contribution in [0.5, 0.6) is 0 Å². The first kappa shape index (κ1) is 17.2. The summed E-state index contributed by atoms with van der Waals surface area (Å²) in [5.41, 5.74) is -0.113. The van der Waals surface area contributed by atoms with Crippen molar-refractivity contribution in [3.05, 3.63) is 32.8 Å². The van der Waals surface area contributed by atoms with Crippen LogP contribution in [0.1, 0.15) is 37.6 Å². The number of hydrogen-bond donors (Lipinski definition) is 1. The van der Waals surface area contributed by atoms with E-state index < -0.39 is 10.9 Å². The summed E-state index contributed by atoms with van der Waals surface area (Å²) < 4.78 is 0. The highest BCUT2D eigenvalue weighted by atomic mass is 35.5. The lowest BCUT2D eigenvalue weighted by atomic mass is 10.1. The average molecular weight is 315 g/mol. The number of nitro benzene ring substituents is 1. The topological polar surface area (TPSA) is 83.7 Å². The van der Waals surface area contributed by atoms with E-state index in [0.29, 0.717) is 24.7 Å². The van der Waals surface area contributed by atoms with Crippen molar-refractivity contribution >= 4 is 28.9 Å². The molecule has 21 heavy (non-hydrogen) atoms. The second-order valence-electron chi connectivity index (χ2n) is 4.94. The number of hydrogen-bond acceptors (Lipinski definition) is 4. The number of carboxylic acids is 1. The molecule has 0 radical (unpaired) electrons. The van der Waals surface area contributed by atoms with Crippen LogP contribution in [-0.4, -0.2) is 29.1 Å². The number of non-ortho nitro benzene ring substituents is 1. The van der Waals surface area contributed by atoms with Gasteiger partial charge in [0, 0.05) is 25.2 Å². The van der Waals surface area contributed by atoms with E-state index in [0.717, 1.165) is 12.5 Å². The monoisotopic (exact) mass is 314 g/mol. The number of rotatable bonds is 7. The van der Waals surface area contributed by atoms with E-state index in [1.54, 1.807) is 0 Å². The van der Waals surface area contributed by atoms with Crippen molar-refractivity contribution < 1.29 is 14.8 Å². The number of anilines is 1. The number of aromatic carboxylic acids is 1. The van der Waals surface area contributed by atoms with E-state index in [1.165, 1.54) is 6.07 Å².